The zero-order valence-corrected chi connectivity index (χ0v) is 18.8. The summed E-state index contributed by atoms with van der Waals surface area (Å²) < 4.78 is 19.9. The van der Waals surface area contributed by atoms with Crippen LogP contribution in [0.25, 0.3) is 11.3 Å². The number of aromatic nitrogens is 1. The van der Waals surface area contributed by atoms with Crippen molar-refractivity contribution in [1.82, 2.24) is 10.3 Å². The Labute approximate surface area is 199 Å². The lowest BCUT2D eigenvalue weighted by Crippen LogP contribution is -2.29. The molecule has 1 saturated heterocycles. The van der Waals surface area contributed by atoms with E-state index >= 15 is 0 Å². The first-order chi connectivity index (χ1) is 15.5. The van der Waals surface area contributed by atoms with Gasteiger partial charge in [-0.3, -0.25) is 4.98 Å². The van der Waals surface area contributed by atoms with Gasteiger partial charge in [0.1, 0.15) is 23.4 Å². The normalized spacial score (nSPS) is 18.1. The number of furan rings is 1. The highest BCUT2D eigenvalue weighted by Crippen LogP contribution is 2.43. The summed E-state index contributed by atoms with van der Waals surface area (Å²) >= 11 is 18.1. The van der Waals surface area contributed by atoms with Crippen LogP contribution in [0.3, 0.4) is 0 Å². The fourth-order valence-electron chi connectivity index (χ4n) is 3.87. The Morgan fingerprint density at radius 2 is 1.81 bits per heavy atom. The number of hydrogen-bond donors (Lipinski definition) is 1. The van der Waals surface area contributed by atoms with Gasteiger partial charge < -0.3 is 14.6 Å². The molecule has 32 heavy (non-hydrogen) atoms. The van der Waals surface area contributed by atoms with Gasteiger partial charge in [-0.2, -0.15) is 0 Å². The molecule has 1 aliphatic rings. The molecule has 5 rings (SSSR count). The predicted molar refractivity (Wildman–Crippen MR) is 128 cm³/mol. The molecule has 3 heterocycles. The number of nitrogens with zero attached hydrogens (tertiary/aromatic N) is 2. The molecule has 0 spiro atoms. The van der Waals surface area contributed by atoms with E-state index in [1.165, 1.54) is 12.1 Å². The summed E-state index contributed by atoms with van der Waals surface area (Å²) in [4.78, 5) is 6.43. The van der Waals surface area contributed by atoms with Crippen LogP contribution in [-0.2, 0) is 0 Å². The molecule has 0 aliphatic carbocycles. The Kier molecular flexibility index (Phi) is 5.59. The van der Waals surface area contributed by atoms with E-state index in [0.717, 1.165) is 16.9 Å². The maximum atomic E-state index is 13.6. The van der Waals surface area contributed by atoms with Crippen molar-refractivity contribution in [3.63, 3.8) is 0 Å². The van der Waals surface area contributed by atoms with Crippen molar-refractivity contribution >= 4 is 46.2 Å². The number of pyridine rings is 1. The lowest BCUT2D eigenvalue weighted by Gasteiger charge is -2.26. The molecule has 0 amide bonds. The van der Waals surface area contributed by atoms with Crippen LogP contribution < -0.4 is 10.2 Å². The summed E-state index contributed by atoms with van der Waals surface area (Å²) in [6.07, 6.45) is 1.73. The van der Waals surface area contributed by atoms with Gasteiger partial charge in [0, 0.05) is 22.5 Å². The van der Waals surface area contributed by atoms with Crippen molar-refractivity contribution in [2.45, 2.75) is 12.1 Å². The van der Waals surface area contributed by atoms with E-state index < -0.39 is 0 Å². The van der Waals surface area contributed by atoms with Crippen molar-refractivity contribution in [2.75, 3.05) is 4.90 Å². The highest BCUT2D eigenvalue weighted by molar-refractivity contribution is 7.80. The SMILES string of the molecule is Fc1ccc(N2C(=S)N[C@@H](c3ccccn3)[C@H]2c2ccc(-c3ccc(Cl)cc3Cl)o2)cc1. The number of anilines is 1. The minimum absolute atomic E-state index is 0.270. The molecule has 1 N–H and O–H groups in total. The molecule has 0 bridgehead atoms. The standard InChI is InChI=1S/C24H16Cl2FN3OS/c25-14-4-9-17(18(26)13-14)20-10-11-21(31-20)23-22(19-3-1-2-12-28-19)29-24(32)30(23)16-7-5-15(27)6-8-16/h1-13,22-23H,(H,29,32)/t22-,23+/m0/s1. The van der Waals surface area contributed by atoms with Gasteiger partial charge in [-0.05, 0) is 78.9 Å². The maximum Gasteiger partial charge on any atom is 0.174 e. The van der Waals surface area contributed by atoms with Crippen LogP contribution in [0.2, 0.25) is 10.0 Å². The first-order valence-corrected chi connectivity index (χ1v) is 11.0. The van der Waals surface area contributed by atoms with Crippen molar-refractivity contribution < 1.29 is 8.81 Å². The summed E-state index contributed by atoms with van der Waals surface area (Å²) in [7, 11) is 0. The maximum absolute atomic E-state index is 13.6. The van der Waals surface area contributed by atoms with Gasteiger partial charge in [-0.15, -0.1) is 0 Å². The fourth-order valence-corrected chi connectivity index (χ4v) is 4.72. The molecule has 0 radical (unpaired) electrons. The molecule has 0 unspecified atom stereocenters. The molecule has 1 aliphatic heterocycles. The molecule has 1 fully saturated rings. The van der Waals surface area contributed by atoms with E-state index in [2.05, 4.69) is 10.3 Å². The third-order valence-corrected chi connectivity index (χ3v) is 6.18. The van der Waals surface area contributed by atoms with Crippen LogP contribution in [0, 0.1) is 5.82 Å². The lowest BCUT2D eigenvalue weighted by molar-refractivity contribution is 0.439. The second-order valence-electron chi connectivity index (χ2n) is 7.30. The smallest absolute Gasteiger partial charge is 0.174 e. The number of nitrogens with one attached hydrogen (secondary N) is 1. The summed E-state index contributed by atoms with van der Waals surface area (Å²) in [6.45, 7) is 0. The van der Waals surface area contributed by atoms with Crippen molar-refractivity contribution in [1.29, 1.82) is 0 Å². The van der Waals surface area contributed by atoms with Gasteiger partial charge in [0.25, 0.3) is 0 Å². The zero-order chi connectivity index (χ0) is 22.2. The van der Waals surface area contributed by atoms with E-state index in [4.69, 9.17) is 39.8 Å². The summed E-state index contributed by atoms with van der Waals surface area (Å²) in [5.74, 6) is 0.957. The number of halogens is 3. The minimum atomic E-state index is -0.345. The quantitative estimate of drug-likeness (QED) is 0.317. The van der Waals surface area contributed by atoms with E-state index in [1.807, 2.05) is 41.3 Å². The van der Waals surface area contributed by atoms with Gasteiger partial charge in [-0.25, -0.2) is 4.39 Å². The Morgan fingerprint density at radius 3 is 2.53 bits per heavy atom. The van der Waals surface area contributed by atoms with Crippen LogP contribution in [0.4, 0.5) is 10.1 Å². The summed E-state index contributed by atoms with van der Waals surface area (Å²) in [5.41, 5.74) is 2.29. The van der Waals surface area contributed by atoms with Crippen LogP contribution in [-0.4, -0.2) is 10.1 Å². The molecule has 0 saturated carbocycles. The molecule has 4 nitrogen and oxygen atoms in total. The van der Waals surface area contributed by atoms with Gasteiger partial charge >= 0.3 is 0 Å². The second-order valence-corrected chi connectivity index (χ2v) is 8.53. The Hall–Kier alpha value is -2.93. The topological polar surface area (TPSA) is 41.3 Å². The monoisotopic (exact) mass is 483 g/mol. The number of thiocarbonyl (C=S) groups is 1. The minimum Gasteiger partial charge on any atom is -0.459 e. The predicted octanol–water partition coefficient (Wildman–Crippen LogP) is 6.96. The van der Waals surface area contributed by atoms with E-state index in [1.54, 1.807) is 30.5 Å². The molecule has 4 aromatic rings. The average Bonchev–Trinajstić information content (AvgIpc) is 3.39. The van der Waals surface area contributed by atoms with Gasteiger partial charge in [0.05, 0.1) is 16.8 Å². The van der Waals surface area contributed by atoms with Crippen LogP contribution in [0.5, 0.6) is 0 Å². The van der Waals surface area contributed by atoms with Crippen LogP contribution in [0.1, 0.15) is 23.5 Å². The Bertz CT molecular complexity index is 1280. The first kappa shape index (κ1) is 20.9. The van der Waals surface area contributed by atoms with Crippen molar-refractivity contribution in [2.24, 2.45) is 0 Å². The van der Waals surface area contributed by atoms with Crippen molar-refractivity contribution in [3.8, 4) is 11.3 Å². The van der Waals surface area contributed by atoms with Gasteiger partial charge in [0.2, 0.25) is 0 Å². The third-order valence-electron chi connectivity index (χ3n) is 5.32. The highest BCUT2D eigenvalue weighted by atomic mass is 35.5. The van der Waals surface area contributed by atoms with E-state index in [0.29, 0.717) is 26.7 Å². The molecular weight excluding hydrogens is 468 g/mol. The average molecular weight is 484 g/mol. The summed E-state index contributed by atoms with van der Waals surface area (Å²) in [5, 5.41) is 4.89. The number of hydrogen-bond acceptors (Lipinski definition) is 3. The lowest BCUT2D eigenvalue weighted by atomic mass is 10.0. The van der Waals surface area contributed by atoms with Crippen molar-refractivity contribution in [3.05, 3.63) is 106 Å². The molecule has 2 aromatic carbocycles. The van der Waals surface area contributed by atoms with Gasteiger partial charge in [-0.1, -0.05) is 29.3 Å². The first-order valence-electron chi connectivity index (χ1n) is 9.82. The van der Waals surface area contributed by atoms with Gasteiger partial charge in [0.15, 0.2) is 5.11 Å². The summed E-state index contributed by atoms with van der Waals surface area (Å²) in [6, 6.07) is 20.3. The Balaban J connectivity index is 1.60. The molecule has 160 valence electrons. The zero-order valence-electron chi connectivity index (χ0n) is 16.5. The largest absolute Gasteiger partial charge is 0.459 e. The Morgan fingerprint density at radius 1 is 1.00 bits per heavy atom. The molecule has 2 aromatic heterocycles. The molecule has 8 heteroatoms. The third kappa shape index (κ3) is 3.86. The second kappa shape index (κ2) is 8.54. The van der Waals surface area contributed by atoms with Crippen LogP contribution in [0.15, 0.2) is 83.4 Å². The number of benzene rings is 2. The molecule has 2 atom stereocenters. The molecular formula is C24H16Cl2FN3OS. The van der Waals surface area contributed by atoms with E-state index in [-0.39, 0.29) is 17.9 Å². The highest BCUT2D eigenvalue weighted by Gasteiger charge is 2.42. The van der Waals surface area contributed by atoms with E-state index in [9.17, 15) is 4.39 Å². The number of rotatable bonds is 4. The fraction of sp³-hybridized carbons (Fsp3) is 0.0833. The van der Waals surface area contributed by atoms with Crippen LogP contribution >= 0.6 is 35.4 Å².